The maximum atomic E-state index is 11.2. The quantitative estimate of drug-likeness (QED) is 0.0619. The molecule has 0 aliphatic rings. The molecule has 0 spiro atoms. The van der Waals surface area contributed by atoms with Crippen LogP contribution in [0.5, 0.6) is 0 Å². The van der Waals surface area contributed by atoms with Crippen LogP contribution in [0.3, 0.4) is 0 Å². The summed E-state index contributed by atoms with van der Waals surface area (Å²) in [6.45, 7) is 6.87. The molecule has 0 aromatic carbocycles. The van der Waals surface area contributed by atoms with Crippen LogP contribution in [0, 0.1) is 5.92 Å². The third kappa shape index (κ3) is 37.7. The fourth-order valence-electron chi connectivity index (χ4n) is 8.19. The number of hydrogen-bond acceptors (Lipinski definition) is 2. The summed E-state index contributed by atoms with van der Waals surface area (Å²) >= 11 is 0. The maximum Gasteiger partial charge on any atom is 0.0827 e. The highest BCUT2D eigenvalue weighted by atomic mass is 16.3. The minimum absolute atomic E-state index is 0.287. The van der Waals surface area contributed by atoms with E-state index in [0.29, 0.717) is 0 Å². The zero-order valence-corrected chi connectivity index (χ0v) is 35.3. The van der Waals surface area contributed by atoms with Gasteiger partial charge in [0.15, 0.2) is 0 Å². The summed E-state index contributed by atoms with van der Waals surface area (Å²) in [6, 6.07) is 0. The Morgan fingerprint density at radius 2 is 0.420 bits per heavy atom. The van der Waals surface area contributed by atoms with Gasteiger partial charge in [0.05, 0.1) is 12.2 Å². The Morgan fingerprint density at radius 3 is 0.640 bits per heavy atom. The zero-order valence-electron chi connectivity index (χ0n) is 35.3. The molecule has 3 unspecified atom stereocenters. The highest BCUT2D eigenvalue weighted by Gasteiger charge is 2.25. The van der Waals surface area contributed by atoms with Crippen molar-refractivity contribution < 1.29 is 10.2 Å². The normalized spacial score (nSPS) is 13.6. The lowest BCUT2D eigenvalue weighted by molar-refractivity contribution is -0.0278. The summed E-state index contributed by atoms with van der Waals surface area (Å²) in [5.41, 5.74) is 0. The molecule has 2 N–H and O–H groups in total. The van der Waals surface area contributed by atoms with Crippen molar-refractivity contribution in [2.45, 2.75) is 303 Å². The number of hydrogen-bond donors (Lipinski definition) is 2. The van der Waals surface area contributed by atoms with Gasteiger partial charge < -0.3 is 10.2 Å². The van der Waals surface area contributed by atoms with Gasteiger partial charge in [-0.15, -0.1) is 0 Å². The van der Waals surface area contributed by atoms with Gasteiger partial charge in [0.2, 0.25) is 0 Å². The number of rotatable bonds is 44. The lowest BCUT2D eigenvalue weighted by Crippen LogP contribution is -2.33. The van der Waals surface area contributed by atoms with Crippen LogP contribution in [0.1, 0.15) is 290 Å². The van der Waals surface area contributed by atoms with Gasteiger partial charge in [0.1, 0.15) is 0 Å². The highest BCUT2D eigenvalue weighted by Crippen LogP contribution is 2.26. The average molecular weight is 707 g/mol. The molecule has 302 valence electrons. The van der Waals surface area contributed by atoms with Gasteiger partial charge in [0, 0.05) is 0 Å². The van der Waals surface area contributed by atoms with Crippen molar-refractivity contribution in [2.75, 3.05) is 0 Å². The SMILES string of the molecule is CCCCCCCCCCCCCCCCCCCCCCCCCCCC(O)C(O)C(CCCCCCCC)CCCCCCCCCC. The smallest absolute Gasteiger partial charge is 0.0827 e. The van der Waals surface area contributed by atoms with Gasteiger partial charge in [-0.3, -0.25) is 0 Å². The van der Waals surface area contributed by atoms with Crippen LogP contribution < -0.4 is 0 Å². The molecule has 0 rings (SSSR count). The summed E-state index contributed by atoms with van der Waals surface area (Å²) in [4.78, 5) is 0. The van der Waals surface area contributed by atoms with Gasteiger partial charge in [0.25, 0.3) is 0 Å². The molecule has 0 heterocycles. The fourth-order valence-corrected chi connectivity index (χ4v) is 8.19. The van der Waals surface area contributed by atoms with Crippen LogP contribution in [0.25, 0.3) is 0 Å². The third-order valence-corrected chi connectivity index (χ3v) is 11.8. The minimum atomic E-state index is -0.529. The molecule has 0 saturated carbocycles. The van der Waals surface area contributed by atoms with E-state index in [2.05, 4.69) is 20.8 Å². The molecule has 0 bridgehead atoms. The number of aliphatic hydroxyl groups excluding tert-OH is 2. The molecule has 0 saturated heterocycles. The van der Waals surface area contributed by atoms with E-state index >= 15 is 0 Å². The molecule has 2 nitrogen and oxygen atoms in total. The molecule has 3 atom stereocenters. The van der Waals surface area contributed by atoms with Crippen LogP contribution >= 0.6 is 0 Å². The Morgan fingerprint density at radius 1 is 0.240 bits per heavy atom. The number of unbranched alkanes of at least 4 members (excludes halogenated alkanes) is 36. The van der Waals surface area contributed by atoms with E-state index in [1.54, 1.807) is 0 Å². The first-order chi connectivity index (χ1) is 24.7. The Balaban J connectivity index is 3.71. The molecule has 0 aliphatic carbocycles. The lowest BCUT2D eigenvalue weighted by atomic mass is 9.86. The molecule has 2 heteroatoms. The largest absolute Gasteiger partial charge is 0.390 e. The van der Waals surface area contributed by atoms with E-state index in [1.165, 1.54) is 244 Å². The summed E-state index contributed by atoms with van der Waals surface area (Å²) in [7, 11) is 0. The zero-order chi connectivity index (χ0) is 36.4. The second-order valence-electron chi connectivity index (χ2n) is 16.9. The van der Waals surface area contributed by atoms with Crippen molar-refractivity contribution in [1.82, 2.24) is 0 Å². The van der Waals surface area contributed by atoms with Crippen LogP contribution in [0.4, 0.5) is 0 Å². The third-order valence-electron chi connectivity index (χ3n) is 11.8. The first kappa shape index (κ1) is 49.9. The second kappa shape index (κ2) is 43.3. The van der Waals surface area contributed by atoms with Crippen LogP contribution in [-0.4, -0.2) is 22.4 Å². The Kier molecular flexibility index (Phi) is 43.3. The van der Waals surface area contributed by atoms with E-state index in [0.717, 1.165) is 25.7 Å². The Labute approximate surface area is 317 Å². The van der Waals surface area contributed by atoms with Crippen molar-refractivity contribution in [2.24, 2.45) is 5.92 Å². The summed E-state index contributed by atoms with van der Waals surface area (Å²) in [6.07, 6.45) is 55.8. The van der Waals surface area contributed by atoms with Gasteiger partial charge in [-0.05, 0) is 25.2 Å². The van der Waals surface area contributed by atoms with Crippen LogP contribution in [-0.2, 0) is 0 Å². The average Bonchev–Trinajstić information content (AvgIpc) is 3.12. The van der Waals surface area contributed by atoms with Crippen molar-refractivity contribution in [1.29, 1.82) is 0 Å². The fraction of sp³-hybridized carbons (Fsp3) is 1.00. The van der Waals surface area contributed by atoms with Gasteiger partial charge in [-0.1, -0.05) is 271 Å². The minimum Gasteiger partial charge on any atom is -0.390 e. The Bertz CT molecular complexity index is 591. The highest BCUT2D eigenvalue weighted by molar-refractivity contribution is 4.77. The molecule has 0 fully saturated rings. The van der Waals surface area contributed by atoms with E-state index in [-0.39, 0.29) is 5.92 Å². The molecule has 50 heavy (non-hydrogen) atoms. The molecular formula is C48H98O2. The van der Waals surface area contributed by atoms with E-state index in [1.807, 2.05) is 0 Å². The molecule has 0 amide bonds. The standard InChI is InChI=1S/C48H98O2/c1-4-7-10-13-16-18-19-20-21-22-23-24-25-26-27-28-29-30-31-32-33-34-36-39-42-45-47(49)48(50)46(43-40-37-15-12-9-6-3)44-41-38-35-17-14-11-8-5-2/h46-50H,4-45H2,1-3H3. The predicted octanol–water partition coefficient (Wildman–Crippen LogP) is 16.8. The van der Waals surface area contributed by atoms with Gasteiger partial charge >= 0.3 is 0 Å². The van der Waals surface area contributed by atoms with E-state index in [9.17, 15) is 10.2 Å². The van der Waals surface area contributed by atoms with Crippen LogP contribution in [0.2, 0.25) is 0 Å². The predicted molar refractivity (Wildman–Crippen MR) is 226 cm³/mol. The summed E-state index contributed by atoms with van der Waals surface area (Å²) in [5, 5.41) is 22.1. The molecule has 0 aromatic rings. The second-order valence-corrected chi connectivity index (χ2v) is 16.9. The van der Waals surface area contributed by atoms with Gasteiger partial charge in [-0.2, -0.15) is 0 Å². The van der Waals surface area contributed by atoms with Crippen molar-refractivity contribution >= 4 is 0 Å². The molecule has 0 aromatic heterocycles. The van der Waals surface area contributed by atoms with Crippen LogP contribution in [0.15, 0.2) is 0 Å². The lowest BCUT2D eigenvalue weighted by Gasteiger charge is -2.27. The molecular weight excluding hydrogens is 609 g/mol. The van der Waals surface area contributed by atoms with Crippen molar-refractivity contribution in [3.05, 3.63) is 0 Å². The monoisotopic (exact) mass is 707 g/mol. The van der Waals surface area contributed by atoms with E-state index < -0.39 is 12.2 Å². The van der Waals surface area contributed by atoms with Gasteiger partial charge in [-0.25, -0.2) is 0 Å². The Hall–Kier alpha value is -0.0800. The number of aliphatic hydroxyl groups is 2. The topological polar surface area (TPSA) is 40.5 Å². The van der Waals surface area contributed by atoms with Crippen molar-refractivity contribution in [3.63, 3.8) is 0 Å². The summed E-state index contributed by atoms with van der Waals surface area (Å²) in [5.74, 6) is 0.287. The molecule has 0 radical (unpaired) electrons. The van der Waals surface area contributed by atoms with E-state index in [4.69, 9.17) is 0 Å². The maximum absolute atomic E-state index is 11.2. The first-order valence-electron chi connectivity index (χ1n) is 24.0. The molecule has 0 aliphatic heterocycles. The van der Waals surface area contributed by atoms with Crippen molar-refractivity contribution in [3.8, 4) is 0 Å². The first-order valence-corrected chi connectivity index (χ1v) is 24.0. The summed E-state index contributed by atoms with van der Waals surface area (Å²) < 4.78 is 0.